The molecule has 1 heterocycles. The zero-order valence-corrected chi connectivity index (χ0v) is 8.19. The highest BCUT2D eigenvalue weighted by Crippen LogP contribution is 2.08. The van der Waals surface area contributed by atoms with Gasteiger partial charge in [0.15, 0.2) is 0 Å². The first-order valence-corrected chi connectivity index (χ1v) is 4.78. The molecule has 4 nitrogen and oxygen atoms in total. The summed E-state index contributed by atoms with van der Waals surface area (Å²) in [6, 6.07) is 0. The fourth-order valence-electron chi connectivity index (χ4n) is 1.10. The fourth-order valence-corrected chi connectivity index (χ4v) is 1.10. The molecule has 1 fully saturated rings. The highest BCUT2D eigenvalue weighted by Gasteiger charge is 2.26. The van der Waals surface area contributed by atoms with Gasteiger partial charge in [-0.05, 0) is 18.8 Å². The zero-order chi connectivity index (χ0) is 10.4. The van der Waals surface area contributed by atoms with E-state index in [2.05, 4.69) is 0 Å². The molecule has 0 N–H and O–H groups in total. The molecule has 1 aliphatic rings. The topological polar surface area (TPSA) is 52.6 Å². The summed E-state index contributed by atoms with van der Waals surface area (Å²) in [5.74, 6) is 0.952. The number of hydrogen-bond acceptors (Lipinski definition) is 4. The van der Waals surface area contributed by atoms with Gasteiger partial charge in [0.1, 0.15) is 0 Å². The minimum absolute atomic E-state index is 0.283. The summed E-state index contributed by atoms with van der Waals surface area (Å²) < 4.78 is 9.79. The van der Waals surface area contributed by atoms with Crippen LogP contribution in [-0.2, 0) is 18.9 Å². The Kier molecular flexibility index (Phi) is 4.23. The highest BCUT2D eigenvalue weighted by molar-refractivity contribution is 6.54. The summed E-state index contributed by atoms with van der Waals surface area (Å²) in [6.45, 7) is 1.95. The van der Waals surface area contributed by atoms with Crippen molar-refractivity contribution >= 4 is 19.1 Å². The third-order valence-corrected chi connectivity index (χ3v) is 1.79. The second-order valence-electron chi connectivity index (χ2n) is 3.04. The van der Waals surface area contributed by atoms with Crippen LogP contribution in [0.3, 0.4) is 0 Å². The minimum Gasteiger partial charge on any atom is -0.496 e. The van der Waals surface area contributed by atoms with Gasteiger partial charge in [0.05, 0.1) is 0 Å². The van der Waals surface area contributed by atoms with Crippen LogP contribution in [-0.4, -0.2) is 19.1 Å². The van der Waals surface area contributed by atoms with Crippen molar-refractivity contribution in [3.63, 3.8) is 0 Å². The molecular weight excluding hydrogens is 183 g/mol. The average molecular weight is 196 g/mol. The second-order valence-corrected chi connectivity index (χ2v) is 3.04. The van der Waals surface area contributed by atoms with Gasteiger partial charge in [-0.3, -0.25) is 9.59 Å². The van der Waals surface area contributed by atoms with E-state index >= 15 is 0 Å². The van der Waals surface area contributed by atoms with Gasteiger partial charge in [-0.15, -0.1) is 0 Å². The van der Waals surface area contributed by atoms with Crippen molar-refractivity contribution < 1.29 is 18.9 Å². The molecule has 76 valence electrons. The third-order valence-electron chi connectivity index (χ3n) is 1.79. The van der Waals surface area contributed by atoms with Crippen molar-refractivity contribution in [1.29, 1.82) is 0 Å². The Bertz CT molecular complexity index is 231. The molecule has 0 aromatic heterocycles. The van der Waals surface area contributed by atoms with Gasteiger partial charge in [0, 0.05) is 12.8 Å². The van der Waals surface area contributed by atoms with Gasteiger partial charge in [0.2, 0.25) is 0 Å². The van der Waals surface area contributed by atoms with E-state index in [0.717, 1.165) is 6.42 Å². The molecule has 0 amide bonds. The van der Waals surface area contributed by atoms with Crippen molar-refractivity contribution in [1.82, 2.24) is 0 Å². The van der Waals surface area contributed by atoms with Crippen LogP contribution in [0.2, 0.25) is 0 Å². The lowest BCUT2D eigenvalue weighted by Gasteiger charge is -2.14. The first-order chi connectivity index (χ1) is 6.72. The Balaban J connectivity index is 2.55. The van der Waals surface area contributed by atoms with Crippen molar-refractivity contribution in [2.75, 3.05) is 0 Å². The van der Waals surface area contributed by atoms with Crippen LogP contribution in [0.5, 0.6) is 0 Å². The van der Waals surface area contributed by atoms with Crippen LogP contribution in [0.15, 0.2) is 12.1 Å². The van der Waals surface area contributed by atoms with Crippen LogP contribution >= 0.6 is 0 Å². The second kappa shape index (κ2) is 5.47. The molecule has 0 radical (unpaired) electrons. The standard InChI is InChI=1S/C9H13BO4/c1-2-3-7-10-13-8(11)5-4-6-9(12)14-10/h3,7H,2,4-6H2,1H3/b7-3+. The number of allylic oxidation sites excluding steroid dienone is 1. The third kappa shape index (κ3) is 3.64. The van der Waals surface area contributed by atoms with Crippen LogP contribution in [0.25, 0.3) is 0 Å². The van der Waals surface area contributed by atoms with E-state index in [1.54, 1.807) is 12.1 Å². The summed E-state index contributed by atoms with van der Waals surface area (Å²) in [6.07, 6.45) is 3.68. The van der Waals surface area contributed by atoms with Crippen LogP contribution in [0, 0.1) is 0 Å². The maximum absolute atomic E-state index is 11.1. The van der Waals surface area contributed by atoms with Crippen molar-refractivity contribution in [2.45, 2.75) is 32.6 Å². The molecule has 0 unspecified atom stereocenters. The molecule has 14 heavy (non-hydrogen) atoms. The Hall–Kier alpha value is -1.26. The largest absolute Gasteiger partial charge is 0.628 e. The summed E-state index contributed by atoms with van der Waals surface area (Å²) in [5.41, 5.74) is 0. The van der Waals surface area contributed by atoms with Crippen molar-refractivity contribution in [3.8, 4) is 0 Å². The first kappa shape index (κ1) is 10.8. The van der Waals surface area contributed by atoms with Gasteiger partial charge in [0.25, 0.3) is 11.9 Å². The van der Waals surface area contributed by atoms with E-state index < -0.39 is 7.12 Å². The quantitative estimate of drug-likeness (QED) is 0.623. The molecule has 0 aromatic carbocycles. The van der Waals surface area contributed by atoms with Gasteiger partial charge in [-0.2, -0.15) is 0 Å². The minimum atomic E-state index is -0.838. The molecule has 0 aromatic rings. The van der Waals surface area contributed by atoms with Gasteiger partial charge in [-0.25, -0.2) is 0 Å². The van der Waals surface area contributed by atoms with E-state index in [0.29, 0.717) is 6.42 Å². The predicted octanol–water partition coefficient (Wildman–Crippen LogP) is 1.25. The van der Waals surface area contributed by atoms with Crippen LogP contribution < -0.4 is 0 Å². The van der Waals surface area contributed by atoms with Crippen LogP contribution in [0.4, 0.5) is 0 Å². The Morgan fingerprint density at radius 2 is 1.86 bits per heavy atom. The number of rotatable bonds is 2. The molecule has 0 bridgehead atoms. The summed E-state index contributed by atoms with van der Waals surface area (Å²) in [5, 5.41) is 0. The van der Waals surface area contributed by atoms with Gasteiger partial charge in [-0.1, -0.05) is 13.0 Å². The van der Waals surface area contributed by atoms with E-state index in [4.69, 9.17) is 9.31 Å². The van der Waals surface area contributed by atoms with E-state index in [-0.39, 0.29) is 24.8 Å². The van der Waals surface area contributed by atoms with Gasteiger partial charge < -0.3 is 9.31 Å². The van der Waals surface area contributed by atoms with E-state index in [1.807, 2.05) is 6.92 Å². The molecule has 0 atom stereocenters. The first-order valence-electron chi connectivity index (χ1n) is 4.78. The smallest absolute Gasteiger partial charge is 0.496 e. The molecule has 1 aliphatic heterocycles. The fraction of sp³-hybridized carbons (Fsp3) is 0.556. The normalized spacial score (nSPS) is 18.8. The molecule has 0 spiro atoms. The molecule has 1 rings (SSSR count). The highest BCUT2D eigenvalue weighted by atomic mass is 16.6. The Morgan fingerprint density at radius 1 is 1.29 bits per heavy atom. The van der Waals surface area contributed by atoms with E-state index in [9.17, 15) is 9.59 Å². The lowest BCUT2D eigenvalue weighted by Crippen LogP contribution is -2.29. The SMILES string of the molecule is CC/C=C/B1OC(=O)CCCC(=O)O1. The average Bonchev–Trinajstić information content (AvgIpc) is 2.11. The number of hydrogen-bond donors (Lipinski definition) is 0. The lowest BCUT2D eigenvalue weighted by molar-refractivity contribution is -0.142. The van der Waals surface area contributed by atoms with Crippen molar-refractivity contribution in [3.05, 3.63) is 12.1 Å². The molecule has 1 saturated heterocycles. The van der Waals surface area contributed by atoms with Gasteiger partial charge >= 0.3 is 7.12 Å². The molecule has 0 saturated carbocycles. The number of carbonyl (C=O) groups is 2. The van der Waals surface area contributed by atoms with E-state index in [1.165, 1.54) is 0 Å². The molecular formula is C9H13BO4. The number of carbonyl (C=O) groups excluding carboxylic acids is 2. The summed E-state index contributed by atoms with van der Waals surface area (Å²) in [4.78, 5) is 22.1. The predicted molar refractivity (Wildman–Crippen MR) is 51.2 cm³/mol. The lowest BCUT2D eigenvalue weighted by atomic mass is 9.88. The Morgan fingerprint density at radius 3 is 2.36 bits per heavy atom. The maximum atomic E-state index is 11.1. The monoisotopic (exact) mass is 196 g/mol. The summed E-state index contributed by atoms with van der Waals surface area (Å²) >= 11 is 0. The molecule has 0 aliphatic carbocycles. The summed E-state index contributed by atoms with van der Waals surface area (Å²) in [7, 11) is -0.838. The Labute approximate surface area is 83.4 Å². The molecule has 5 heteroatoms. The maximum Gasteiger partial charge on any atom is 0.628 e. The van der Waals surface area contributed by atoms with Crippen molar-refractivity contribution in [2.24, 2.45) is 0 Å². The zero-order valence-electron chi connectivity index (χ0n) is 8.19. The van der Waals surface area contributed by atoms with Crippen LogP contribution in [0.1, 0.15) is 32.6 Å².